The van der Waals surface area contributed by atoms with Crippen molar-refractivity contribution in [3.63, 3.8) is 0 Å². The number of carbonyl (C=O) groups is 1. The lowest BCUT2D eigenvalue weighted by Gasteiger charge is -2.07. The molecule has 0 aliphatic heterocycles. The highest BCUT2D eigenvalue weighted by molar-refractivity contribution is 7.13. The van der Waals surface area contributed by atoms with Crippen LogP contribution in [0.3, 0.4) is 0 Å². The molecule has 4 aromatic rings. The molecule has 1 amide bonds. The Morgan fingerprint density at radius 1 is 1.26 bits per heavy atom. The maximum absolute atomic E-state index is 12.5. The fraction of sp³-hybridized carbons (Fsp3) is 0.150. The molecule has 3 heterocycles. The van der Waals surface area contributed by atoms with E-state index >= 15 is 0 Å². The molecule has 0 aliphatic rings. The van der Waals surface area contributed by atoms with E-state index < -0.39 is 0 Å². The van der Waals surface area contributed by atoms with Gasteiger partial charge in [-0.25, -0.2) is 4.98 Å². The van der Waals surface area contributed by atoms with E-state index in [1.54, 1.807) is 17.5 Å². The number of hydrogen-bond donors (Lipinski definition) is 1. The summed E-state index contributed by atoms with van der Waals surface area (Å²) in [6.07, 6.45) is 3.82. The van der Waals surface area contributed by atoms with Gasteiger partial charge in [0.2, 0.25) is 11.8 Å². The predicted octanol–water partition coefficient (Wildman–Crippen LogP) is 4.14. The largest absolute Gasteiger partial charge is 0.440 e. The van der Waals surface area contributed by atoms with Crippen molar-refractivity contribution in [1.82, 2.24) is 14.8 Å². The molecule has 136 valence electrons. The molecule has 0 fully saturated rings. The van der Waals surface area contributed by atoms with Crippen LogP contribution in [-0.4, -0.2) is 20.7 Å². The Labute approximate surface area is 160 Å². The molecule has 1 aromatic carbocycles. The third kappa shape index (κ3) is 4.15. The number of amides is 1. The van der Waals surface area contributed by atoms with Gasteiger partial charge in [-0.1, -0.05) is 18.2 Å². The average molecular weight is 378 g/mol. The van der Waals surface area contributed by atoms with Gasteiger partial charge in [0, 0.05) is 18.1 Å². The molecule has 6 nitrogen and oxygen atoms in total. The summed E-state index contributed by atoms with van der Waals surface area (Å²) in [6, 6.07) is 13.5. The second-order valence-electron chi connectivity index (χ2n) is 6.13. The van der Waals surface area contributed by atoms with Gasteiger partial charge in [-0.15, -0.1) is 11.3 Å². The number of aromatic nitrogens is 3. The molecule has 0 spiro atoms. The number of rotatable bonds is 6. The van der Waals surface area contributed by atoms with Crippen molar-refractivity contribution in [3.05, 3.63) is 77.3 Å². The topological polar surface area (TPSA) is 73.0 Å². The van der Waals surface area contributed by atoms with E-state index in [4.69, 9.17) is 4.42 Å². The van der Waals surface area contributed by atoms with E-state index in [0.29, 0.717) is 23.9 Å². The first-order chi connectivity index (χ1) is 13.2. The highest BCUT2D eigenvalue weighted by atomic mass is 32.1. The van der Waals surface area contributed by atoms with Crippen molar-refractivity contribution in [2.24, 2.45) is 0 Å². The van der Waals surface area contributed by atoms with E-state index in [9.17, 15) is 4.79 Å². The number of nitrogens with zero attached hydrogens (tertiary/aromatic N) is 3. The summed E-state index contributed by atoms with van der Waals surface area (Å²) in [5.74, 6) is 1.10. The minimum absolute atomic E-state index is 0.125. The summed E-state index contributed by atoms with van der Waals surface area (Å²) >= 11 is 1.56. The molecule has 0 radical (unpaired) electrons. The standard InChI is InChI=1S/C20H18N4O2S/c1-14-17(23-20(26-14)18-7-3-10-27-18)12-19(25)22-16-6-2-5-15(11-16)13-24-9-4-8-21-24/h2-11H,12-13H2,1H3,(H,22,25). The first kappa shape index (κ1) is 17.2. The lowest BCUT2D eigenvalue weighted by Crippen LogP contribution is -2.15. The number of hydrogen-bond acceptors (Lipinski definition) is 5. The zero-order valence-electron chi connectivity index (χ0n) is 14.8. The highest BCUT2D eigenvalue weighted by Gasteiger charge is 2.15. The highest BCUT2D eigenvalue weighted by Crippen LogP contribution is 2.26. The normalized spacial score (nSPS) is 10.9. The van der Waals surface area contributed by atoms with Gasteiger partial charge >= 0.3 is 0 Å². The summed E-state index contributed by atoms with van der Waals surface area (Å²) in [5, 5.41) is 9.11. The minimum Gasteiger partial charge on any atom is -0.440 e. The summed E-state index contributed by atoms with van der Waals surface area (Å²) in [5.41, 5.74) is 2.47. The van der Waals surface area contributed by atoms with Crippen molar-refractivity contribution >= 4 is 22.9 Å². The summed E-state index contributed by atoms with van der Waals surface area (Å²) in [7, 11) is 0. The predicted molar refractivity (Wildman–Crippen MR) is 105 cm³/mol. The molecule has 7 heteroatoms. The smallest absolute Gasteiger partial charge is 0.236 e. The van der Waals surface area contributed by atoms with Crippen LogP contribution in [0.4, 0.5) is 5.69 Å². The maximum atomic E-state index is 12.5. The number of oxazole rings is 1. The number of anilines is 1. The van der Waals surface area contributed by atoms with Crippen LogP contribution in [0.1, 0.15) is 17.0 Å². The fourth-order valence-corrected chi connectivity index (χ4v) is 3.43. The van der Waals surface area contributed by atoms with Gasteiger partial charge < -0.3 is 9.73 Å². The minimum atomic E-state index is -0.125. The Morgan fingerprint density at radius 2 is 2.19 bits per heavy atom. The summed E-state index contributed by atoms with van der Waals surface area (Å²) in [6.45, 7) is 2.49. The molecular weight excluding hydrogens is 360 g/mol. The molecule has 0 aliphatic carbocycles. The van der Waals surface area contributed by atoms with Crippen LogP contribution in [0.2, 0.25) is 0 Å². The number of nitrogens with one attached hydrogen (secondary N) is 1. The molecule has 0 saturated carbocycles. The molecule has 0 unspecified atom stereocenters. The van der Waals surface area contributed by atoms with Crippen LogP contribution in [-0.2, 0) is 17.8 Å². The zero-order chi connectivity index (χ0) is 18.6. The Hall–Kier alpha value is -3.19. The lowest BCUT2D eigenvalue weighted by atomic mass is 10.2. The molecule has 0 bridgehead atoms. The van der Waals surface area contributed by atoms with Gasteiger partial charge in [-0.3, -0.25) is 9.48 Å². The molecule has 0 atom stereocenters. The maximum Gasteiger partial charge on any atom is 0.236 e. The molecule has 1 N–H and O–H groups in total. The molecular formula is C20H18N4O2S. The third-order valence-electron chi connectivity index (χ3n) is 4.07. The Balaban J connectivity index is 1.42. The van der Waals surface area contributed by atoms with Crippen molar-refractivity contribution in [3.8, 4) is 10.8 Å². The second-order valence-corrected chi connectivity index (χ2v) is 7.08. The third-order valence-corrected chi connectivity index (χ3v) is 4.92. The summed E-state index contributed by atoms with van der Waals surface area (Å²) < 4.78 is 7.54. The van der Waals surface area contributed by atoms with Crippen molar-refractivity contribution in [1.29, 1.82) is 0 Å². The van der Waals surface area contributed by atoms with E-state index in [1.807, 2.05) is 65.6 Å². The first-order valence-electron chi connectivity index (χ1n) is 8.54. The Bertz CT molecular complexity index is 1040. The van der Waals surface area contributed by atoms with Crippen molar-refractivity contribution < 1.29 is 9.21 Å². The second kappa shape index (κ2) is 7.59. The monoisotopic (exact) mass is 378 g/mol. The van der Waals surface area contributed by atoms with Crippen LogP contribution >= 0.6 is 11.3 Å². The van der Waals surface area contributed by atoms with Crippen LogP contribution < -0.4 is 5.32 Å². The van der Waals surface area contributed by atoms with Crippen molar-refractivity contribution in [2.45, 2.75) is 19.9 Å². The zero-order valence-corrected chi connectivity index (χ0v) is 15.6. The number of aryl methyl sites for hydroxylation is 1. The molecule has 4 rings (SSSR count). The Morgan fingerprint density at radius 3 is 2.96 bits per heavy atom. The van der Waals surface area contributed by atoms with Gasteiger partial charge in [0.05, 0.1) is 23.5 Å². The Kier molecular flexibility index (Phi) is 4.84. The summed E-state index contributed by atoms with van der Waals surface area (Å²) in [4.78, 5) is 17.9. The molecule has 27 heavy (non-hydrogen) atoms. The van der Waals surface area contributed by atoms with E-state index in [0.717, 1.165) is 16.1 Å². The average Bonchev–Trinajstić information content (AvgIpc) is 3.38. The van der Waals surface area contributed by atoms with Gasteiger partial charge in [0.15, 0.2) is 0 Å². The van der Waals surface area contributed by atoms with E-state index in [2.05, 4.69) is 15.4 Å². The fourth-order valence-electron chi connectivity index (χ4n) is 2.78. The molecule has 0 saturated heterocycles. The van der Waals surface area contributed by atoms with Crippen LogP contribution in [0.25, 0.3) is 10.8 Å². The van der Waals surface area contributed by atoms with E-state index in [-0.39, 0.29) is 12.3 Å². The van der Waals surface area contributed by atoms with Gasteiger partial charge in [-0.2, -0.15) is 5.10 Å². The van der Waals surface area contributed by atoms with Crippen LogP contribution in [0, 0.1) is 6.92 Å². The van der Waals surface area contributed by atoms with E-state index in [1.165, 1.54) is 0 Å². The number of thiophene rings is 1. The van der Waals surface area contributed by atoms with Crippen LogP contribution in [0.15, 0.2) is 64.7 Å². The van der Waals surface area contributed by atoms with Crippen molar-refractivity contribution in [2.75, 3.05) is 5.32 Å². The van der Waals surface area contributed by atoms with Gasteiger partial charge in [-0.05, 0) is 42.1 Å². The SMILES string of the molecule is Cc1oc(-c2cccs2)nc1CC(=O)Nc1cccc(Cn2cccn2)c1. The van der Waals surface area contributed by atoms with Gasteiger partial charge in [0.25, 0.3) is 0 Å². The molecule has 3 aromatic heterocycles. The first-order valence-corrected chi connectivity index (χ1v) is 9.42. The number of benzene rings is 1. The van der Waals surface area contributed by atoms with Crippen LogP contribution in [0.5, 0.6) is 0 Å². The lowest BCUT2D eigenvalue weighted by molar-refractivity contribution is -0.115. The quantitative estimate of drug-likeness (QED) is 0.547. The number of carbonyl (C=O) groups excluding carboxylic acids is 1. The van der Waals surface area contributed by atoms with Gasteiger partial charge in [0.1, 0.15) is 5.76 Å².